The van der Waals surface area contributed by atoms with Gasteiger partial charge in [-0.25, -0.2) is 4.79 Å². The molecule has 0 saturated carbocycles. The molecule has 180 valence electrons. The molecular weight excluding hydrogens is 410 g/mol. The summed E-state index contributed by atoms with van der Waals surface area (Å²) in [5.74, 6) is -0.377. The number of allylic oxidation sites excluding steroid dienone is 2. The summed E-state index contributed by atoms with van der Waals surface area (Å²) in [5, 5.41) is 0. The highest BCUT2D eigenvalue weighted by molar-refractivity contribution is 5.73. The molecule has 0 radical (unpaired) electrons. The summed E-state index contributed by atoms with van der Waals surface area (Å²) in [6, 6.07) is -0.851. The van der Waals surface area contributed by atoms with Crippen LogP contribution >= 0.6 is 0 Å². The van der Waals surface area contributed by atoms with Crippen LogP contribution in [-0.4, -0.2) is 52.8 Å². The van der Waals surface area contributed by atoms with Crippen LogP contribution < -0.4 is 0 Å². The van der Waals surface area contributed by atoms with Crippen LogP contribution in [-0.2, 0) is 23.8 Å². The van der Waals surface area contributed by atoms with Crippen molar-refractivity contribution in [2.75, 3.05) is 0 Å². The number of rotatable bonds is 10. The van der Waals surface area contributed by atoms with Crippen molar-refractivity contribution >= 4 is 18.0 Å². The first kappa shape index (κ1) is 25.9. The molecule has 2 aliphatic heterocycles. The molecule has 1 amide bonds. The van der Waals surface area contributed by atoms with Crippen LogP contribution in [0, 0.1) is 11.8 Å². The number of carbonyl (C=O) groups excluding carboxylic acids is 3. The van der Waals surface area contributed by atoms with Gasteiger partial charge in [0.15, 0.2) is 0 Å². The number of esters is 2. The van der Waals surface area contributed by atoms with E-state index in [-0.39, 0.29) is 23.8 Å². The van der Waals surface area contributed by atoms with Crippen LogP contribution in [0.2, 0.25) is 0 Å². The lowest BCUT2D eigenvalue weighted by molar-refractivity contribution is -0.147. The second-order valence-corrected chi connectivity index (χ2v) is 10.1. The molecule has 6 unspecified atom stereocenters. The van der Waals surface area contributed by atoms with Gasteiger partial charge in [0.05, 0.1) is 12.1 Å². The molecule has 0 bridgehead atoms. The number of ether oxygens (including phenoxy) is 3. The Morgan fingerprint density at radius 2 is 1.41 bits per heavy atom. The number of cyclic esters (lactones) is 2. The van der Waals surface area contributed by atoms with E-state index in [1.54, 1.807) is 4.90 Å². The van der Waals surface area contributed by atoms with Crippen molar-refractivity contribution in [2.24, 2.45) is 11.8 Å². The lowest BCUT2D eigenvalue weighted by Gasteiger charge is -2.43. The molecule has 32 heavy (non-hydrogen) atoms. The normalized spacial score (nSPS) is 24.7. The summed E-state index contributed by atoms with van der Waals surface area (Å²) >= 11 is 0. The van der Waals surface area contributed by atoms with Crippen molar-refractivity contribution in [3.63, 3.8) is 0 Å². The van der Waals surface area contributed by atoms with Gasteiger partial charge in [-0.15, -0.1) is 13.2 Å². The van der Waals surface area contributed by atoms with Crippen molar-refractivity contribution in [1.82, 2.24) is 4.90 Å². The van der Waals surface area contributed by atoms with Gasteiger partial charge in [-0.05, 0) is 58.3 Å². The Morgan fingerprint density at radius 1 is 1.00 bits per heavy atom. The quantitative estimate of drug-likeness (QED) is 0.271. The van der Waals surface area contributed by atoms with Crippen molar-refractivity contribution in [3.05, 3.63) is 25.3 Å². The highest BCUT2D eigenvalue weighted by Crippen LogP contribution is 2.34. The molecule has 0 aromatic heterocycles. The maximum absolute atomic E-state index is 13.6. The van der Waals surface area contributed by atoms with Crippen molar-refractivity contribution in [3.8, 4) is 0 Å². The fraction of sp³-hybridized carbons (Fsp3) is 0.720. The summed E-state index contributed by atoms with van der Waals surface area (Å²) < 4.78 is 17.1. The van der Waals surface area contributed by atoms with E-state index >= 15 is 0 Å². The van der Waals surface area contributed by atoms with E-state index in [1.165, 1.54) is 0 Å². The average Bonchev–Trinajstić information content (AvgIpc) is 3.33. The molecule has 6 atom stereocenters. The molecule has 2 rings (SSSR count). The Bertz CT molecular complexity index is 666. The molecule has 2 fully saturated rings. The largest absolute Gasteiger partial charge is 0.460 e. The van der Waals surface area contributed by atoms with Crippen LogP contribution in [0.5, 0.6) is 0 Å². The standard InChI is InChI=1S/C25H39NO6/c1-8-16(3)14-18(20-10-12-22(27)30-20)26(24(29)32-25(5,6)7)19(15-17(4)9-2)21-11-13-23(28)31-21/h8-9,16-21H,1-2,10-15H2,3-7H3. The van der Waals surface area contributed by atoms with Crippen LogP contribution in [0.25, 0.3) is 0 Å². The predicted octanol–water partition coefficient (Wildman–Crippen LogP) is 4.80. The van der Waals surface area contributed by atoms with Crippen molar-refractivity contribution in [2.45, 2.75) is 103 Å². The lowest BCUT2D eigenvalue weighted by atomic mass is 9.89. The zero-order chi connectivity index (χ0) is 24.1. The Kier molecular flexibility index (Phi) is 8.93. The van der Waals surface area contributed by atoms with Gasteiger partial charge >= 0.3 is 18.0 Å². The number of hydrogen-bond donors (Lipinski definition) is 0. The summed E-state index contributed by atoms with van der Waals surface area (Å²) in [5.41, 5.74) is -0.711. The average molecular weight is 450 g/mol. The van der Waals surface area contributed by atoms with E-state index in [1.807, 2.05) is 46.8 Å². The minimum atomic E-state index is -0.711. The third-order valence-corrected chi connectivity index (χ3v) is 6.04. The van der Waals surface area contributed by atoms with Crippen LogP contribution in [0.15, 0.2) is 25.3 Å². The maximum Gasteiger partial charge on any atom is 0.411 e. The summed E-state index contributed by atoms with van der Waals surface area (Å²) in [6.07, 6.45) is 5.07. The lowest BCUT2D eigenvalue weighted by Crippen LogP contribution is -2.57. The van der Waals surface area contributed by atoms with Gasteiger partial charge in [0, 0.05) is 12.8 Å². The maximum atomic E-state index is 13.6. The van der Waals surface area contributed by atoms with E-state index < -0.39 is 36.0 Å². The number of hydrogen-bond acceptors (Lipinski definition) is 6. The Hall–Kier alpha value is -2.31. The first-order valence-corrected chi connectivity index (χ1v) is 11.6. The zero-order valence-electron chi connectivity index (χ0n) is 20.2. The second-order valence-electron chi connectivity index (χ2n) is 10.1. The smallest absolute Gasteiger partial charge is 0.411 e. The molecule has 0 aromatic rings. The first-order valence-electron chi connectivity index (χ1n) is 11.6. The summed E-state index contributed by atoms with van der Waals surface area (Å²) in [7, 11) is 0. The minimum absolute atomic E-state index is 0.0767. The van der Waals surface area contributed by atoms with Crippen LogP contribution in [0.1, 0.15) is 73.1 Å². The Labute approximate surface area is 192 Å². The van der Waals surface area contributed by atoms with Gasteiger partial charge in [-0.3, -0.25) is 14.5 Å². The van der Waals surface area contributed by atoms with Gasteiger partial charge in [-0.1, -0.05) is 26.0 Å². The van der Waals surface area contributed by atoms with Gasteiger partial charge in [0.2, 0.25) is 0 Å². The van der Waals surface area contributed by atoms with E-state index in [0.29, 0.717) is 38.5 Å². The second kappa shape index (κ2) is 11.0. The predicted molar refractivity (Wildman–Crippen MR) is 122 cm³/mol. The molecule has 0 aliphatic carbocycles. The van der Waals surface area contributed by atoms with E-state index in [4.69, 9.17) is 14.2 Å². The molecule has 2 saturated heterocycles. The van der Waals surface area contributed by atoms with E-state index in [9.17, 15) is 14.4 Å². The topological polar surface area (TPSA) is 82.1 Å². The molecular formula is C25H39NO6. The van der Waals surface area contributed by atoms with Gasteiger partial charge in [0.25, 0.3) is 0 Å². The van der Waals surface area contributed by atoms with Crippen LogP contribution in [0.3, 0.4) is 0 Å². The summed E-state index contributed by atoms with van der Waals surface area (Å²) in [6.45, 7) is 17.3. The fourth-order valence-electron chi connectivity index (χ4n) is 4.31. The third kappa shape index (κ3) is 7.10. The molecule has 7 nitrogen and oxygen atoms in total. The number of carbonyl (C=O) groups is 3. The monoisotopic (exact) mass is 449 g/mol. The first-order chi connectivity index (χ1) is 14.9. The summed E-state index contributed by atoms with van der Waals surface area (Å²) in [4.78, 5) is 39.3. The van der Waals surface area contributed by atoms with Crippen LogP contribution in [0.4, 0.5) is 4.79 Å². The van der Waals surface area contributed by atoms with E-state index in [2.05, 4.69) is 13.2 Å². The Balaban J connectivity index is 2.52. The number of amides is 1. The molecule has 0 spiro atoms. The zero-order valence-corrected chi connectivity index (χ0v) is 20.2. The van der Waals surface area contributed by atoms with Crippen molar-refractivity contribution < 1.29 is 28.6 Å². The SMILES string of the molecule is C=CC(C)CC(C1CCC(=O)O1)N(C(=O)OC(C)(C)C)C(CC(C)C=C)C1CCC(=O)O1. The van der Waals surface area contributed by atoms with Gasteiger partial charge in [0.1, 0.15) is 17.8 Å². The highest BCUT2D eigenvalue weighted by Gasteiger charge is 2.46. The van der Waals surface area contributed by atoms with Crippen molar-refractivity contribution in [1.29, 1.82) is 0 Å². The fourth-order valence-corrected chi connectivity index (χ4v) is 4.31. The molecule has 2 aliphatic rings. The molecule has 0 N–H and O–H groups in total. The minimum Gasteiger partial charge on any atom is -0.460 e. The third-order valence-electron chi connectivity index (χ3n) is 6.04. The van der Waals surface area contributed by atoms with E-state index in [0.717, 1.165) is 0 Å². The molecule has 7 heteroatoms. The molecule has 2 heterocycles. The number of nitrogens with zero attached hydrogens (tertiary/aromatic N) is 1. The molecule has 0 aromatic carbocycles. The van der Waals surface area contributed by atoms with Gasteiger partial charge in [-0.2, -0.15) is 0 Å². The highest BCUT2D eigenvalue weighted by atomic mass is 16.6. The van der Waals surface area contributed by atoms with Gasteiger partial charge < -0.3 is 14.2 Å². The Morgan fingerprint density at radius 3 is 1.69 bits per heavy atom.